The summed E-state index contributed by atoms with van der Waals surface area (Å²) in [6.07, 6.45) is 0.163. The number of para-hydroxylation sites is 2. The number of carbonyl (C=O) groups excluding carboxylic acids is 3. The number of hydrogen-bond acceptors (Lipinski definition) is 7. The lowest BCUT2D eigenvalue weighted by Crippen LogP contribution is -2.41. The molecule has 1 N–H and O–H groups in total. The number of aliphatic imine (C=N–C) groups is 1. The largest absolute Gasteiger partial charge is 0.452 e. The van der Waals surface area contributed by atoms with E-state index in [1.807, 2.05) is 12.1 Å². The highest BCUT2D eigenvalue weighted by Gasteiger charge is 2.30. The van der Waals surface area contributed by atoms with Crippen LogP contribution in [0.25, 0.3) is 0 Å². The first kappa shape index (κ1) is 22.4. The highest BCUT2D eigenvalue weighted by molar-refractivity contribution is 8.38. The first-order chi connectivity index (χ1) is 15.5. The second-order valence-electron chi connectivity index (χ2n) is 7.40. The van der Waals surface area contributed by atoms with Gasteiger partial charge in [-0.1, -0.05) is 53.9 Å². The van der Waals surface area contributed by atoms with Crippen LogP contribution < -0.4 is 10.2 Å². The van der Waals surface area contributed by atoms with Gasteiger partial charge in [0, 0.05) is 24.0 Å². The highest BCUT2D eigenvalue weighted by atomic mass is 32.2. The molecule has 166 valence electrons. The zero-order valence-electron chi connectivity index (χ0n) is 17.6. The Morgan fingerprint density at radius 2 is 2.00 bits per heavy atom. The van der Waals surface area contributed by atoms with Crippen molar-refractivity contribution in [3.63, 3.8) is 0 Å². The van der Waals surface area contributed by atoms with Crippen LogP contribution in [0.4, 0.5) is 11.4 Å². The van der Waals surface area contributed by atoms with Crippen LogP contribution in [0.1, 0.15) is 29.3 Å². The monoisotopic (exact) mass is 469 g/mol. The topological polar surface area (TPSA) is 88.1 Å². The number of anilines is 2. The maximum absolute atomic E-state index is 13.0. The van der Waals surface area contributed by atoms with Crippen LogP contribution in [-0.2, 0) is 20.1 Å². The lowest BCUT2D eigenvalue weighted by atomic mass is 10.1. The van der Waals surface area contributed by atoms with E-state index < -0.39 is 12.6 Å². The summed E-state index contributed by atoms with van der Waals surface area (Å²) in [7, 11) is 0. The Balaban J connectivity index is 1.44. The van der Waals surface area contributed by atoms with Crippen molar-refractivity contribution in [2.75, 3.05) is 29.1 Å². The van der Waals surface area contributed by atoms with E-state index in [1.54, 1.807) is 66.8 Å². The molecule has 0 aromatic heterocycles. The van der Waals surface area contributed by atoms with E-state index in [9.17, 15) is 14.4 Å². The number of thioether (sulfide) groups is 2. The van der Waals surface area contributed by atoms with Gasteiger partial charge in [-0.15, -0.1) is 0 Å². The number of nitrogens with one attached hydrogen (secondary N) is 1. The van der Waals surface area contributed by atoms with Crippen LogP contribution in [0.2, 0.25) is 0 Å². The van der Waals surface area contributed by atoms with Crippen molar-refractivity contribution in [1.82, 2.24) is 0 Å². The van der Waals surface area contributed by atoms with Gasteiger partial charge in [-0.2, -0.15) is 0 Å². The second-order valence-corrected chi connectivity index (χ2v) is 9.71. The van der Waals surface area contributed by atoms with Gasteiger partial charge in [-0.3, -0.25) is 14.6 Å². The molecule has 0 saturated carbocycles. The van der Waals surface area contributed by atoms with Crippen LogP contribution in [0.15, 0.2) is 53.5 Å². The van der Waals surface area contributed by atoms with Crippen LogP contribution in [0.5, 0.6) is 0 Å². The second kappa shape index (κ2) is 10.2. The number of nitrogens with zero attached hydrogens (tertiary/aromatic N) is 2. The van der Waals surface area contributed by atoms with Gasteiger partial charge in [0.05, 0.1) is 23.5 Å². The lowest BCUT2D eigenvalue weighted by molar-refractivity contribution is -0.122. The van der Waals surface area contributed by atoms with Crippen molar-refractivity contribution in [2.24, 2.45) is 4.99 Å². The molecular weight excluding hydrogens is 446 g/mol. The minimum Gasteiger partial charge on any atom is -0.452 e. The number of amides is 2. The molecule has 9 heteroatoms. The molecule has 0 fully saturated rings. The Kier molecular flexibility index (Phi) is 7.16. The summed E-state index contributed by atoms with van der Waals surface area (Å²) in [6.45, 7) is 2.23. The summed E-state index contributed by atoms with van der Waals surface area (Å²) < 4.78 is 6.43. The average Bonchev–Trinajstić information content (AvgIpc) is 3.27. The average molecular weight is 470 g/mol. The molecule has 0 radical (unpaired) electrons. The predicted molar refractivity (Wildman–Crippen MR) is 129 cm³/mol. The van der Waals surface area contributed by atoms with Gasteiger partial charge >= 0.3 is 5.97 Å². The number of rotatable bonds is 5. The molecule has 2 aromatic rings. The molecule has 4 rings (SSSR count). The molecule has 2 amide bonds. The Labute approximate surface area is 195 Å². The molecule has 2 aliphatic rings. The number of esters is 1. The highest BCUT2D eigenvalue weighted by Crippen LogP contribution is 2.31. The summed E-state index contributed by atoms with van der Waals surface area (Å²) in [5.41, 5.74) is 2.45. The molecule has 0 saturated heterocycles. The first-order valence-electron chi connectivity index (χ1n) is 10.3. The maximum atomic E-state index is 13.0. The van der Waals surface area contributed by atoms with Crippen molar-refractivity contribution in [3.05, 3.63) is 59.7 Å². The normalized spacial score (nSPS) is 17.8. The molecule has 0 aliphatic carbocycles. The number of fused-ring (bicyclic) bond motifs is 1. The summed E-state index contributed by atoms with van der Waals surface area (Å²) >= 11 is 3.32. The molecule has 1 unspecified atom stereocenters. The van der Waals surface area contributed by atoms with E-state index >= 15 is 0 Å². The molecule has 2 aromatic carbocycles. The third-order valence-electron chi connectivity index (χ3n) is 5.10. The summed E-state index contributed by atoms with van der Waals surface area (Å²) in [5, 5.41) is 2.82. The molecule has 0 spiro atoms. The van der Waals surface area contributed by atoms with Crippen molar-refractivity contribution in [1.29, 1.82) is 0 Å². The number of benzene rings is 2. The van der Waals surface area contributed by atoms with Crippen molar-refractivity contribution >= 4 is 57.1 Å². The number of ether oxygens (including phenoxy) is 1. The molecule has 0 bridgehead atoms. The quantitative estimate of drug-likeness (QED) is 0.668. The summed E-state index contributed by atoms with van der Waals surface area (Å²) in [6, 6.07) is 14.0. The molecule has 7 nitrogen and oxygen atoms in total. The van der Waals surface area contributed by atoms with Crippen molar-refractivity contribution in [2.45, 2.75) is 25.1 Å². The van der Waals surface area contributed by atoms with E-state index in [2.05, 4.69) is 10.3 Å². The zero-order valence-corrected chi connectivity index (χ0v) is 19.2. The Morgan fingerprint density at radius 3 is 2.81 bits per heavy atom. The van der Waals surface area contributed by atoms with Gasteiger partial charge in [0.1, 0.15) is 4.38 Å². The van der Waals surface area contributed by atoms with Crippen LogP contribution >= 0.6 is 23.5 Å². The van der Waals surface area contributed by atoms with E-state index in [0.29, 0.717) is 22.7 Å². The number of carbonyl (C=O) groups is 3. The molecule has 2 aliphatic heterocycles. The Bertz CT molecular complexity index is 1070. The summed E-state index contributed by atoms with van der Waals surface area (Å²) in [5.74, 6) is 0.524. The van der Waals surface area contributed by atoms with Gasteiger partial charge in [0.2, 0.25) is 5.91 Å². The standard InChI is InChI=1S/C23H23N3O4S2/c1-15-12-20(27)25-18-8-4-5-9-19(18)26(15)21(28)13-30-22(29)17-7-3-2-6-16(17)14-32-23-24-10-11-31-23/h2-9,15H,10-14H2,1H3,(H,25,27). The van der Waals surface area contributed by atoms with Crippen LogP contribution in [0.3, 0.4) is 0 Å². The van der Waals surface area contributed by atoms with Gasteiger partial charge in [-0.05, 0) is 30.7 Å². The lowest BCUT2D eigenvalue weighted by Gasteiger charge is -2.27. The molecule has 1 atom stereocenters. The van der Waals surface area contributed by atoms with E-state index in [0.717, 1.165) is 22.2 Å². The zero-order chi connectivity index (χ0) is 22.5. The smallest absolute Gasteiger partial charge is 0.338 e. The maximum Gasteiger partial charge on any atom is 0.338 e. The van der Waals surface area contributed by atoms with Crippen LogP contribution in [-0.4, -0.2) is 47.1 Å². The van der Waals surface area contributed by atoms with Crippen molar-refractivity contribution < 1.29 is 19.1 Å². The fourth-order valence-corrected chi connectivity index (χ4v) is 5.64. The third-order valence-corrected chi connectivity index (χ3v) is 7.40. The van der Waals surface area contributed by atoms with Crippen LogP contribution in [0, 0.1) is 0 Å². The first-order valence-corrected chi connectivity index (χ1v) is 12.3. The molecule has 32 heavy (non-hydrogen) atoms. The number of hydrogen-bond donors (Lipinski definition) is 1. The minimum absolute atomic E-state index is 0.159. The van der Waals surface area contributed by atoms with E-state index in [4.69, 9.17) is 4.74 Å². The molecule has 2 heterocycles. The molecular formula is C23H23N3O4S2. The van der Waals surface area contributed by atoms with E-state index in [-0.39, 0.29) is 24.3 Å². The fourth-order valence-electron chi connectivity index (χ4n) is 3.63. The van der Waals surface area contributed by atoms with Crippen molar-refractivity contribution in [3.8, 4) is 0 Å². The van der Waals surface area contributed by atoms with E-state index in [1.165, 1.54) is 4.90 Å². The van der Waals surface area contributed by atoms with Gasteiger partial charge < -0.3 is 15.0 Å². The van der Waals surface area contributed by atoms with Gasteiger partial charge in [0.15, 0.2) is 6.61 Å². The Hall–Kier alpha value is -2.78. The van der Waals surface area contributed by atoms with Gasteiger partial charge in [-0.25, -0.2) is 4.79 Å². The fraction of sp³-hybridized carbons (Fsp3) is 0.304. The Morgan fingerprint density at radius 1 is 1.22 bits per heavy atom. The minimum atomic E-state index is -0.541. The SMILES string of the molecule is CC1CC(=O)Nc2ccccc2N1C(=O)COC(=O)c1ccccc1CSC1=NCCS1. The predicted octanol–water partition coefficient (Wildman–Crippen LogP) is 3.94. The summed E-state index contributed by atoms with van der Waals surface area (Å²) in [4.78, 5) is 43.9. The third kappa shape index (κ3) is 5.16. The van der Waals surface area contributed by atoms with Gasteiger partial charge in [0.25, 0.3) is 5.91 Å².